The van der Waals surface area contributed by atoms with E-state index >= 15 is 0 Å². The summed E-state index contributed by atoms with van der Waals surface area (Å²) >= 11 is 0. The van der Waals surface area contributed by atoms with Crippen LogP contribution in [0.4, 0.5) is 0 Å². The first-order valence-corrected chi connectivity index (χ1v) is 8.91. The molecular formula is C24H22NO+. The second-order valence-electron chi connectivity index (χ2n) is 7.59. The van der Waals surface area contributed by atoms with Crippen molar-refractivity contribution in [2.24, 2.45) is 0 Å². The molecule has 1 heterocycles. The van der Waals surface area contributed by atoms with Crippen molar-refractivity contribution in [3.05, 3.63) is 95.6 Å². The zero-order chi connectivity index (χ0) is 18.1. The molecule has 1 aliphatic heterocycles. The molecule has 0 N–H and O–H groups in total. The van der Waals surface area contributed by atoms with Gasteiger partial charge in [0.05, 0.1) is 0 Å². The Morgan fingerprint density at radius 3 is 1.50 bits per heavy atom. The summed E-state index contributed by atoms with van der Waals surface area (Å²) in [5.74, 6) is 1.37. The van der Waals surface area contributed by atoms with Crippen LogP contribution in [0.5, 0.6) is 0 Å². The molecule has 1 aliphatic rings. The first kappa shape index (κ1) is 16.4. The summed E-state index contributed by atoms with van der Waals surface area (Å²) in [4.78, 5) is 0. The lowest BCUT2D eigenvalue weighted by molar-refractivity contribution is 0.510. The van der Waals surface area contributed by atoms with Gasteiger partial charge in [0.2, 0.25) is 0 Å². The molecule has 0 spiro atoms. The Bertz CT molecular complexity index is 985. The molecule has 0 aromatic heterocycles. The smallest absolute Gasteiger partial charge is 0.321 e. The van der Waals surface area contributed by atoms with E-state index in [0.29, 0.717) is 11.8 Å². The van der Waals surface area contributed by atoms with Crippen molar-refractivity contribution < 1.29 is 4.74 Å². The van der Waals surface area contributed by atoms with E-state index in [1.54, 1.807) is 0 Å². The number of hydrogen-bond acceptors (Lipinski definition) is 1. The molecule has 2 nitrogen and oxygen atoms in total. The van der Waals surface area contributed by atoms with E-state index in [4.69, 9.17) is 4.74 Å². The zero-order valence-electron chi connectivity index (χ0n) is 15.4. The number of rotatable bonds is 3. The maximum absolute atomic E-state index is 5.85. The van der Waals surface area contributed by atoms with Crippen LogP contribution in [-0.2, 0) is 10.2 Å². The third-order valence-corrected chi connectivity index (χ3v) is 4.63. The number of benzene rings is 3. The molecule has 3 aromatic carbocycles. The van der Waals surface area contributed by atoms with Crippen molar-refractivity contribution in [1.82, 2.24) is 4.67 Å². The van der Waals surface area contributed by atoms with E-state index in [-0.39, 0.29) is 5.41 Å². The van der Waals surface area contributed by atoms with Crippen molar-refractivity contribution >= 4 is 11.8 Å². The lowest BCUT2D eigenvalue weighted by atomic mass is 9.87. The Kier molecular flexibility index (Phi) is 3.99. The molecule has 128 valence electrons. The zero-order valence-corrected chi connectivity index (χ0v) is 15.4. The molecule has 0 saturated heterocycles. The Morgan fingerprint density at radius 2 is 1.00 bits per heavy atom. The summed E-state index contributed by atoms with van der Waals surface area (Å²) < 4.78 is 10.4. The second-order valence-corrected chi connectivity index (χ2v) is 7.59. The minimum absolute atomic E-state index is 0.151. The van der Waals surface area contributed by atoms with Gasteiger partial charge in [0.1, 0.15) is 11.1 Å². The van der Waals surface area contributed by atoms with Gasteiger partial charge in [-0.15, -0.1) is 0 Å². The lowest BCUT2D eigenvalue weighted by Crippen LogP contribution is -2.29. The molecule has 0 atom stereocenters. The second kappa shape index (κ2) is 6.33. The van der Waals surface area contributed by atoms with Gasteiger partial charge in [-0.1, -0.05) is 75.4 Å². The highest BCUT2D eigenvalue weighted by Crippen LogP contribution is 2.23. The summed E-state index contributed by atoms with van der Waals surface area (Å²) in [7, 11) is 0. The van der Waals surface area contributed by atoms with E-state index < -0.39 is 0 Å². The molecule has 3 aromatic rings. The highest BCUT2D eigenvalue weighted by molar-refractivity contribution is 6.14. The fourth-order valence-corrected chi connectivity index (χ4v) is 2.99. The third kappa shape index (κ3) is 3.20. The van der Waals surface area contributed by atoms with E-state index in [0.717, 1.165) is 11.1 Å². The lowest BCUT2D eigenvalue weighted by Gasteiger charge is -2.18. The molecule has 0 fully saturated rings. The van der Waals surface area contributed by atoms with Gasteiger partial charge in [0, 0.05) is 4.67 Å². The quantitative estimate of drug-likeness (QED) is 0.619. The fourth-order valence-electron chi connectivity index (χ4n) is 2.99. The predicted octanol–water partition coefficient (Wildman–Crippen LogP) is 4.94. The standard InChI is InChI=1S/C24H22NO/c1-24(2,3)21-15-13-20(14-16-21)23-25-22(26-23)19-11-9-18(10-12-19)17-7-5-4-6-8-17/h4-16H,1-3H3/q+1. The van der Waals surface area contributed by atoms with Crippen LogP contribution in [0.1, 0.15) is 37.5 Å². The molecule has 0 radical (unpaired) electrons. The fraction of sp³-hybridized carbons (Fsp3) is 0.167. The van der Waals surface area contributed by atoms with Gasteiger partial charge in [-0.2, -0.15) is 0 Å². The summed E-state index contributed by atoms with van der Waals surface area (Å²) in [6.07, 6.45) is 0. The number of ether oxygens (including phenoxy) is 1. The molecule has 0 amide bonds. The first-order valence-electron chi connectivity index (χ1n) is 8.91. The minimum atomic E-state index is 0.151. The SMILES string of the molecule is CC(C)(C)c1ccc(C2=[N+]=C(c3ccc(-c4ccccc4)cc3)O2)cc1. The number of hydrogen-bond donors (Lipinski definition) is 0. The molecule has 0 bridgehead atoms. The molecule has 26 heavy (non-hydrogen) atoms. The van der Waals surface area contributed by atoms with Crippen molar-refractivity contribution in [1.29, 1.82) is 0 Å². The third-order valence-electron chi connectivity index (χ3n) is 4.63. The summed E-state index contributed by atoms with van der Waals surface area (Å²) in [5.41, 5.74) is 5.88. The van der Waals surface area contributed by atoms with Crippen LogP contribution in [-0.4, -0.2) is 11.8 Å². The van der Waals surface area contributed by atoms with Crippen LogP contribution >= 0.6 is 0 Å². The van der Waals surface area contributed by atoms with Crippen molar-refractivity contribution in [2.45, 2.75) is 26.2 Å². The summed E-state index contributed by atoms with van der Waals surface area (Å²) in [6.45, 7) is 6.64. The maximum Gasteiger partial charge on any atom is 0.510 e. The Balaban J connectivity index is 1.56. The topological polar surface area (TPSA) is 23.3 Å². The molecule has 0 unspecified atom stereocenters. The molecule has 4 rings (SSSR count). The van der Waals surface area contributed by atoms with E-state index in [9.17, 15) is 0 Å². The van der Waals surface area contributed by atoms with E-state index in [1.807, 2.05) is 6.07 Å². The monoisotopic (exact) mass is 340 g/mol. The summed E-state index contributed by atoms with van der Waals surface area (Å²) in [6, 6.07) is 27.1. The van der Waals surface area contributed by atoms with Crippen molar-refractivity contribution in [3.63, 3.8) is 0 Å². The highest BCUT2D eigenvalue weighted by Gasteiger charge is 2.35. The van der Waals surface area contributed by atoms with Gasteiger partial charge in [-0.25, -0.2) is 0 Å². The Morgan fingerprint density at radius 1 is 0.577 bits per heavy atom. The van der Waals surface area contributed by atoms with Gasteiger partial charge < -0.3 is 4.74 Å². The van der Waals surface area contributed by atoms with Crippen LogP contribution < -0.4 is 4.67 Å². The molecule has 2 heteroatoms. The van der Waals surface area contributed by atoms with E-state index in [2.05, 4.69) is 98.2 Å². The Labute approximate surface area is 154 Å². The maximum atomic E-state index is 5.85. The van der Waals surface area contributed by atoms with Crippen LogP contribution in [0.25, 0.3) is 11.1 Å². The highest BCUT2D eigenvalue weighted by atomic mass is 16.5. The largest absolute Gasteiger partial charge is 0.510 e. The van der Waals surface area contributed by atoms with Gasteiger partial charge in [0.25, 0.3) is 0 Å². The van der Waals surface area contributed by atoms with Crippen molar-refractivity contribution in [2.75, 3.05) is 0 Å². The van der Waals surface area contributed by atoms with Crippen LogP contribution in [0.15, 0.2) is 78.9 Å². The van der Waals surface area contributed by atoms with Crippen LogP contribution in [0.2, 0.25) is 0 Å². The number of nitrogens with zero attached hydrogens (tertiary/aromatic N) is 1. The van der Waals surface area contributed by atoms with Gasteiger partial charge in [-0.05, 0) is 46.4 Å². The predicted molar refractivity (Wildman–Crippen MR) is 108 cm³/mol. The molecule has 0 saturated carbocycles. The summed E-state index contributed by atoms with van der Waals surface area (Å²) in [5, 5.41) is 0. The van der Waals surface area contributed by atoms with Gasteiger partial charge >= 0.3 is 11.8 Å². The average Bonchev–Trinajstić information content (AvgIpc) is 2.62. The van der Waals surface area contributed by atoms with Crippen LogP contribution in [0, 0.1) is 0 Å². The molecular weight excluding hydrogens is 318 g/mol. The van der Waals surface area contributed by atoms with Crippen LogP contribution in [0.3, 0.4) is 0 Å². The average molecular weight is 340 g/mol. The van der Waals surface area contributed by atoms with Gasteiger partial charge in [-0.3, -0.25) is 0 Å². The van der Waals surface area contributed by atoms with E-state index in [1.165, 1.54) is 16.7 Å². The normalized spacial score (nSPS) is 13.3. The minimum Gasteiger partial charge on any atom is -0.321 e. The first-order chi connectivity index (χ1) is 12.5. The Hall–Kier alpha value is -3.09. The van der Waals surface area contributed by atoms with Crippen molar-refractivity contribution in [3.8, 4) is 11.1 Å². The molecule has 0 aliphatic carbocycles. The van der Waals surface area contributed by atoms with Gasteiger partial charge in [0.15, 0.2) is 0 Å².